The summed E-state index contributed by atoms with van der Waals surface area (Å²) in [5, 5.41) is 1.88. The maximum absolute atomic E-state index is 12.3. The van der Waals surface area contributed by atoms with Crippen molar-refractivity contribution in [3.8, 4) is 0 Å². The first-order valence-corrected chi connectivity index (χ1v) is 6.61. The van der Waals surface area contributed by atoms with Crippen LogP contribution in [0.5, 0.6) is 0 Å². The van der Waals surface area contributed by atoms with Crippen molar-refractivity contribution in [1.82, 2.24) is 4.90 Å². The Kier molecular flexibility index (Phi) is 3.19. The molecule has 4 heteroatoms. The minimum atomic E-state index is 0.103. The molecular formula is C12H18N2OS. The van der Waals surface area contributed by atoms with Crippen LogP contribution >= 0.6 is 11.3 Å². The fourth-order valence-electron chi connectivity index (χ4n) is 2.20. The van der Waals surface area contributed by atoms with Crippen molar-refractivity contribution in [2.45, 2.75) is 32.7 Å². The Morgan fingerprint density at radius 1 is 1.50 bits per heavy atom. The van der Waals surface area contributed by atoms with Crippen molar-refractivity contribution in [3.63, 3.8) is 0 Å². The summed E-state index contributed by atoms with van der Waals surface area (Å²) in [5.41, 5.74) is 6.40. The second-order valence-electron chi connectivity index (χ2n) is 4.69. The molecule has 1 amide bonds. The van der Waals surface area contributed by atoms with Gasteiger partial charge in [-0.05, 0) is 37.1 Å². The van der Waals surface area contributed by atoms with E-state index in [1.807, 2.05) is 10.3 Å². The molecule has 1 aromatic heterocycles. The maximum atomic E-state index is 12.3. The molecule has 2 heterocycles. The van der Waals surface area contributed by atoms with Crippen LogP contribution in [-0.2, 0) is 0 Å². The molecule has 0 aliphatic carbocycles. The molecule has 16 heavy (non-hydrogen) atoms. The van der Waals surface area contributed by atoms with Gasteiger partial charge in [0, 0.05) is 12.6 Å². The topological polar surface area (TPSA) is 46.3 Å². The Morgan fingerprint density at radius 2 is 2.25 bits per heavy atom. The SMILES string of the molecule is CC1CCC(C)N(C(=O)c2sccc2N)C1. The van der Waals surface area contributed by atoms with Crippen molar-refractivity contribution < 1.29 is 4.79 Å². The third kappa shape index (κ3) is 2.07. The van der Waals surface area contributed by atoms with Gasteiger partial charge in [0.05, 0.1) is 5.69 Å². The largest absolute Gasteiger partial charge is 0.397 e. The Hall–Kier alpha value is -1.03. The summed E-state index contributed by atoms with van der Waals surface area (Å²) in [6.07, 6.45) is 2.31. The molecule has 1 aromatic rings. The summed E-state index contributed by atoms with van der Waals surface area (Å²) in [5.74, 6) is 0.702. The van der Waals surface area contributed by atoms with Gasteiger partial charge in [0.25, 0.3) is 5.91 Å². The van der Waals surface area contributed by atoms with Crippen LogP contribution in [0.25, 0.3) is 0 Å². The van der Waals surface area contributed by atoms with Crippen LogP contribution in [-0.4, -0.2) is 23.4 Å². The highest BCUT2D eigenvalue weighted by molar-refractivity contribution is 7.12. The number of rotatable bonds is 1. The summed E-state index contributed by atoms with van der Waals surface area (Å²) >= 11 is 1.44. The number of nitrogens with two attached hydrogens (primary N) is 1. The smallest absolute Gasteiger partial charge is 0.266 e. The second kappa shape index (κ2) is 4.45. The van der Waals surface area contributed by atoms with Crippen molar-refractivity contribution in [2.75, 3.05) is 12.3 Å². The van der Waals surface area contributed by atoms with Gasteiger partial charge in [-0.15, -0.1) is 11.3 Å². The number of amides is 1. The summed E-state index contributed by atoms with van der Waals surface area (Å²) in [4.78, 5) is 15.0. The lowest BCUT2D eigenvalue weighted by Crippen LogP contribution is -2.44. The molecule has 2 unspecified atom stereocenters. The van der Waals surface area contributed by atoms with Crippen LogP contribution in [0.4, 0.5) is 5.69 Å². The Labute approximate surface area is 100 Å². The number of likely N-dealkylation sites (tertiary alicyclic amines) is 1. The van der Waals surface area contributed by atoms with Crippen LogP contribution in [0.2, 0.25) is 0 Å². The van der Waals surface area contributed by atoms with E-state index < -0.39 is 0 Å². The molecule has 0 spiro atoms. The third-order valence-electron chi connectivity index (χ3n) is 3.27. The van der Waals surface area contributed by atoms with Crippen molar-refractivity contribution in [1.29, 1.82) is 0 Å². The molecule has 0 bridgehead atoms. The molecule has 3 nitrogen and oxygen atoms in total. The molecule has 1 aliphatic heterocycles. The molecule has 2 N–H and O–H groups in total. The maximum Gasteiger partial charge on any atom is 0.266 e. The monoisotopic (exact) mass is 238 g/mol. The van der Waals surface area contributed by atoms with Crippen molar-refractivity contribution >= 4 is 22.9 Å². The van der Waals surface area contributed by atoms with Gasteiger partial charge in [0.2, 0.25) is 0 Å². The van der Waals surface area contributed by atoms with E-state index in [-0.39, 0.29) is 5.91 Å². The third-order valence-corrected chi connectivity index (χ3v) is 4.19. The van der Waals surface area contributed by atoms with E-state index in [0.717, 1.165) is 13.0 Å². The molecule has 88 valence electrons. The molecule has 2 rings (SSSR count). The van der Waals surface area contributed by atoms with Gasteiger partial charge in [0.1, 0.15) is 4.88 Å². The Balaban J connectivity index is 2.18. The zero-order valence-electron chi connectivity index (χ0n) is 9.77. The number of hydrogen-bond donors (Lipinski definition) is 1. The van der Waals surface area contributed by atoms with Gasteiger partial charge in [-0.2, -0.15) is 0 Å². The van der Waals surface area contributed by atoms with Gasteiger partial charge >= 0.3 is 0 Å². The minimum Gasteiger partial charge on any atom is -0.397 e. The molecular weight excluding hydrogens is 220 g/mol. The standard InChI is InChI=1S/C12H18N2OS/c1-8-3-4-9(2)14(7-8)12(15)11-10(13)5-6-16-11/h5-6,8-9H,3-4,7,13H2,1-2H3. The number of carbonyl (C=O) groups is 1. The number of thiophene rings is 1. The zero-order chi connectivity index (χ0) is 11.7. The van der Waals surface area contributed by atoms with E-state index >= 15 is 0 Å². The van der Waals surface area contributed by atoms with Crippen LogP contribution in [0, 0.1) is 5.92 Å². The lowest BCUT2D eigenvalue weighted by atomic mass is 9.95. The molecule has 0 radical (unpaired) electrons. The fourth-order valence-corrected chi connectivity index (χ4v) is 2.97. The van der Waals surface area contributed by atoms with Gasteiger partial charge in [-0.25, -0.2) is 0 Å². The van der Waals surface area contributed by atoms with E-state index in [1.54, 1.807) is 6.07 Å². The molecule has 1 fully saturated rings. The number of anilines is 1. The second-order valence-corrected chi connectivity index (χ2v) is 5.61. The molecule has 2 atom stereocenters. The highest BCUT2D eigenvalue weighted by Crippen LogP contribution is 2.27. The number of piperidine rings is 1. The lowest BCUT2D eigenvalue weighted by molar-refractivity contribution is 0.0580. The number of hydrogen-bond acceptors (Lipinski definition) is 3. The minimum absolute atomic E-state index is 0.103. The normalized spacial score (nSPS) is 25.8. The highest BCUT2D eigenvalue weighted by Gasteiger charge is 2.28. The summed E-state index contributed by atoms with van der Waals surface area (Å²) < 4.78 is 0. The first kappa shape index (κ1) is 11.5. The average Bonchev–Trinajstić information content (AvgIpc) is 2.67. The van der Waals surface area contributed by atoms with Gasteiger partial charge in [-0.1, -0.05) is 6.92 Å². The number of nitrogens with zero attached hydrogens (tertiary/aromatic N) is 1. The highest BCUT2D eigenvalue weighted by atomic mass is 32.1. The molecule has 1 saturated heterocycles. The van der Waals surface area contributed by atoms with Crippen LogP contribution in [0.3, 0.4) is 0 Å². The van der Waals surface area contributed by atoms with E-state index in [4.69, 9.17) is 5.73 Å². The zero-order valence-corrected chi connectivity index (χ0v) is 10.6. The summed E-state index contributed by atoms with van der Waals surface area (Å²) in [7, 11) is 0. The van der Waals surface area contributed by atoms with Crippen LogP contribution in [0.1, 0.15) is 36.4 Å². The quantitative estimate of drug-likeness (QED) is 0.817. The Morgan fingerprint density at radius 3 is 2.88 bits per heavy atom. The van der Waals surface area contributed by atoms with Crippen molar-refractivity contribution in [3.05, 3.63) is 16.3 Å². The fraction of sp³-hybridized carbons (Fsp3) is 0.583. The number of nitrogen functional groups attached to an aromatic ring is 1. The summed E-state index contributed by atoms with van der Waals surface area (Å²) in [6, 6.07) is 2.14. The average molecular weight is 238 g/mol. The Bertz CT molecular complexity index is 388. The molecule has 0 saturated carbocycles. The number of carbonyl (C=O) groups excluding carboxylic acids is 1. The molecule has 1 aliphatic rings. The first-order chi connectivity index (χ1) is 7.59. The summed E-state index contributed by atoms with van der Waals surface area (Å²) in [6.45, 7) is 5.18. The molecule has 0 aromatic carbocycles. The van der Waals surface area contributed by atoms with E-state index in [9.17, 15) is 4.79 Å². The van der Waals surface area contributed by atoms with E-state index in [0.29, 0.717) is 22.5 Å². The predicted octanol–water partition coefficient (Wildman–Crippen LogP) is 2.59. The van der Waals surface area contributed by atoms with Crippen molar-refractivity contribution in [2.24, 2.45) is 5.92 Å². The van der Waals surface area contributed by atoms with Crippen LogP contribution in [0.15, 0.2) is 11.4 Å². The van der Waals surface area contributed by atoms with Gasteiger partial charge < -0.3 is 10.6 Å². The van der Waals surface area contributed by atoms with E-state index in [1.165, 1.54) is 17.8 Å². The van der Waals surface area contributed by atoms with Gasteiger partial charge in [-0.3, -0.25) is 4.79 Å². The first-order valence-electron chi connectivity index (χ1n) is 5.73. The van der Waals surface area contributed by atoms with E-state index in [2.05, 4.69) is 13.8 Å². The van der Waals surface area contributed by atoms with Gasteiger partial charge in [0.15, 0.2) is 0 Å². The lowest BCUT2D eigenvalue weighted by Gasteiger charge is -2.36. The predicted molar refractivity (Wildman–Crippen MR) is 67.6 cm³/mol. The van der Waals surface area contributed by atoms with Crippen LogP contribution < -0.4 is 5.73 Å².